The molecule has 2 atom stereocenters. The Morgan fingerprint density at radius 1 is 1.06 bits per heavy atom. The molecule has 0 bridgehead atoms. The Labute approximate surface area is 189 Å². The van der Waals surface area contributed by atoms with Crippen molar-refractivity contribution < 1.29 is 19.1 Å². The third-order valence-corrected chi connectivity index (χ3v) is 5.71. The first kappa shape index (κ1) is 23.3. The van der Waals surface area contributed by atoms with E-state index in [1.807, 2.05) is 51.1 Å². The van der Waals surface area contributed by atoms with Gasteiger partial charge in [-0.3, -0.25) is 14.5 Å². The fraction of sp³-hybridized carbons (Fsp3) is 0.400. The molecule has 0 spiro atoms. The molecule has 7 nitrogen and oxygen atoms in total. The van der Waals surface area contributed by atoms with E-state index < -0.39 is 18.2 Å². The number of carbonyl (C=O) groups is 3. The van der Waals surface area contributed by atoms with Crippen LogP contribution in [0.15, 0.2) is 48.5 Å². The summed E-state index contributed by atoms with van der Waals surface area (Å²) in [6.07, 6.45) is -0.931. The zero-order valence-corrected chi connectivity index (χ0v) is 19.1. The van der Waals surface area contributed by atoms with Crippen molar-refractivity contribution in [2.75, 3.05) is 18.4 Å². The van der Waals surface area contributed by atoms with Gasteiger partial charge in [0, 0.05) is 25.2 Å². The fourth-order valence-electron chi connectivity index (χ4n) is 3.85. The van der Waals surface area contributed by atoms with Gasteiger partial charge in [0.1, 0.15) is 0 Å². The lowest BCUT2D eigenvalue weighted by Crippen LogP contribution is -2.48. The lowest BCUT2D eigenvalue weighted by atomic mass is 9.99. The van der Waals surface area contributed by atoms with Gasteiger partial charge < -0.3 is 15.0 Å². The first-order valence-electron chi connectivity index (χ1n) is 11.1. The lowest BCUT2D eigenvalue weighted by Gasteiger charge is -2.29. The van der Waals surface area contributed by atoms with Gasteiger partial charge in [0.15, 0.2) is 12.1 Å². The van der Waals surface area contributed by atoms with Crippen molar-refractivity contribution in [2.24, 2.45) is 0 Å². The van der Waals surface area contributed by atoms with Crippen LogP contribution in [0.1, 0.15) is 50.0 Å². The number of aryl methyl sites for hydroxylation is 1. The second-order valence-corrected chi connectivity index (χ2v) is 7.90. The highest BCUT2D eigenvalue weighted by Gasteiger charge is 2.48. The molecule has 2 aromatic carbocycles. The third kappa shape index (κ3) is 5.10. The van der Waals surface area contributed by atoms with Gasteiger partial charge in [0.05, 0.1) is 6.54 Å². The van der Waals surface area contributed by atoms with Crippen molar-refractivity contribution in [3.63, 3.8) is 0 Å². The minimum Gasteiger partial charge on any atom is -0.438 e. The van der Waals surface area contributed by atoms with Gasteiger partial charge in [0.25, 0.3) is 0 Å². The number of likely N-dealkylation sites (N-methyl/N-ethyl adjacent to an activating group) is 1. The van der Waals surface area contributed by atoms with E-state index in [0.29, 0.717) is 30.8 Å². The van der Waals surface area contributed by atoms with Gasteiger partial charge in [-0.25, -0.2) is 4.79 Å². The first-order valence-corrected chi connectivity index (χ1v) is 11.1. The number of benzene rings is 2. The van der Waals surface area contributed by atoms with Crippen molar-refractivity contribution >= 4 is 23.6 Å². The summed E-state index contributed by atoms with van der Waals surface area (Å²) in [5.41, 5.74) is 3.33. The van der Waals surface area contributed by atoms with Crippen molar-refractivity contribution in [3.8, 4) is 0 Å². The molecule has 1 fully saturated rings. The maximum Gasteiger partial charge on any atom is 0.411 e. The Hall–Kier alpha value is -3.35. The summed E-state index contributed by atoms with van der Waals surface area (Å²) < 4.78 is 5.74. The molecule has 0 radical (unpaired) electrons. The molecule has 7 heteroatoms. The maximum atomic E-state index is 13.5. The second-order valence-electron chi connectivity index (χ2n) is 7.90. The summed E-state index contributed by atoms with van der Waals surface area (Å²) in [7, 11) is 0. The average molecular weight is 438 g/mol. The van der Waals surface area contributed by atoms with E-state index in [2.05, 4.69) is 5.32 Å². The van der Waals surface area contributed by atoms with Gasteiger partial charge in [0.2, 0.25) is 11.8 Å². The molecular weight excluding hydrogens is 406 g/mol. The summed E-state index contributed by atoms with van der Waals surface area (Å²) in [5.74, 6) is -0.261. The molecule has 0 aromatic heterocycles. The normalized spacial score (nSPS) is 17.8. The van der Waals surface area contributed by atoms with E-state index in [1.54, 1.807) is 30.0 Å². The van der Waals surface area contributed by atoms with E-state index in [9.17, 15) is 14.4 Å². The Kier molecular flexibility index (Phi) is 7.51. The number of nitrogens with one attached hydrogen (secondary N) is 1. The number of amides is 3. The number of nitrogens with zero attached hydrogens (tertiary/aromatic N) is 2. The Bertz CT molecular complexity index is 969. The minimum atomic E-state index is -0.791. The van der Waals surface area contributed by atoms with Crippen LogP contribution in [0.25, 0.3) is 0 Å². The highest BCUT2D eigenvalue weighted by atomic mass is 16.6. The zero-order chi connectivity index (χ0) is 23.3. The van der Waals surface area contributed by atoms with Crippen molar-refractivity contribution in [1.29, 1.82) is 0 Å². The molecule has 1 saturated heterocycles. The molecule has 32 heavy (non-hydrogen) atoms. The molecule has 1 heterocycles. The van der Waals surface area contributed by atoms with Crippen LogP contribution in [-0.2, 0) is 20.9 Å². The van der Waals surface area contributed by atoms with Gasteiger partial charge in [-0.2, -0.15) is 0 Å². The standard InChI is InChI=1S/C25H31N3O4/c1-5-21(29)26-20-10-8-9-19(15-20)23-22(24(30)27(6-2)7-3)28(25(31)32-23)16-18-13-11-17(4)12-14-18/h8-15,22-23H,5-7,16H2,1-4H3,(H,26,29). The molecule has 2 aromatic rings. The third-order valence-electron chi connectivity index (χ3n) is 5.71. The predicted molar refractivity (Wildman–Crippen MR) is 123 cm³/mol. The molecule has 0 aliphatic carbocycles. The molecule has 3 amide bonds. The smallest absolute Gasteiger partial charge is 0.411 e. The lowest BCUT2D eigenvalue weighted by molar-refractivity contribution is -0.136. The number of ether oxygens (including phenoxy) is 1. The van der Waals surface area contributed by atoms with E-state index in [-0.39, 0.29) is 18.4 Å². The van der Waals surface area contributed by atoms with Crippen LogP contribution in [0, 0.1) is 6.92 Å². The van der Waals surface area contributed by atoms with Gasteiger partial charge in [-0.1, -0.05) is 48.9 Å². The Morgan fingerprint density at radius 3 is 2.38 bits per heavy atom. The average Bonchev–Trinajstić information content (AvgIpc) is 3.12. The highest BCUT2D eigenvalue weighted by Crippen LogP contribution is 2.36. The quantitative estimate of drug-likeness (QED) is 0.669. The molecular formula is C25H31N3O4. The molecule has 2 unspecified atom stereocenters. The van der Waals surface area contributed by atoms with Gasteiger partial charge in [-0.05, 0) is 44.0 Å². The van der Waals surface area contributed by atoms with E-state index >= 15 is 0 Å². The summed E-state index contributed by atoms with van der Waals surface area (Å²) in [4.78, 5) is 41.4. The highest BCUT2D eigenvalue weighted by molar-refractivity contribution is 5.91. The van der Waals surface area contributed by atoms with E-state index in [0.717, 1.165) is 11.1 Å². The first-order chi connectivity index (χ1) is 15.4. The largest absolute Gasteiger partial charge is 0.438 e. The number of anilines is 1. The van der Waals surface area contributed by atoms with Crippen LogP contribution in [0.3, 0.4) is 0 Å². The van der Waals surface area contributed by atoms with Gasteiger partial charge >= 0.3 is 6.09 Å². The van der Waals surface area contributed by atoms with Crippen molar-refractivity contribution in [2.45, 2.75) is 52.8 Å². The minimum absolute atomic E-state index is 0.109. The van der Waals surface area contributed by atoms with Gasteiger partial charge in [-0.15, -0.1) is 0 Å². The summed E-state index contributed by atoms with van der Waals surface area (Å²) in [6.45, 7) is 8.97. The summed E-state index contributed by atoms with van der Waals surface area (Å²) in [6, 6.07) is 14.2. The van der Waals surface area contributed by atoms with Crippen LogP contribution < -0.4 is 5.32 Å². The maximum absolute atomic E-state index is 13.5. The van der Waals surface area contributed by atoms with E-state index in [4.69, 9.17) is 4.74 Å². The predicted octanol–water partition coefficient (Wildman–Crippen LogP) is 4.27. The SMILES string of the molecule is CCC(=O)Nc1cccc(C2OC(=O)N(Cc3ccc(C)cc3)C2C(=O)N(CC)CC)c1. The number of cyclic esters (lactones) is 1. The molecule has 0 saturated carbocycles. The fourth-order valence-corrected chi connectivity index (χ4v) is 3.85. The number of hydrogen-bond donors (Lipinski definition) is 1. The van der Waals surface area contributed by atoms with Crippen LogP contribution in [-0.4, -0.2) is 46.8 Å². The van der Waals surface area contributed by atoms with Crippen molar-refractivity contribution in [3.05, 3.63) is 65.2 Å². The molecule has 1 aliphatic rings. The van der Waals surface area contributed by atoms with Crippen LogP contribution in [0.4, 0.5) is 10.5 Å². The van der Waals surface area contributed by atoms with Crippen LogP contribution in [0.5, 0.6) is 0 Å². The van der Waals surface area contributed by atoms with Crippen LogP contribution >= 0.6 is 0 Å². The molecule has 3 rings (SSSR count). The molecule has 170 valence electrons. The Morgan fingerprint density at radius 2 is 1.75 bits per heavy atom. The van der Waals surface area contributed by atoms with Crippen molar-refractivity contribution in [1.82, 2.24) is 9.80 Å². The summed E-state index contributed by atoms with van der Waals surface area (Å²) in [5, 5.41) is 2.82. The van der Waals surface area contributed by atoms with Crippen LogP contribution in [0.2, 0.25) is 0 Å². The number of hydrogen-bond acceptors (Lipinski definition) is 4. The summed E-state index contributed by atoms with van der Waals surface area (Å²) >= 11 is 0. The second kappa shape index (κ2) is 10.3. The number of rotatable bonds is 8. The topological polar surface area (TPSA) is 79.0 Å². The number of carbonyl (C=O) groups excluding carboxylic acids is 3. The molecule has 1 N–H and O–H groups in total. The zero-order valence-electron chi connectivity index (χ0n) is 19.1. The molecule has 1 aliphatic heterocycles. The van der Waals surface area contributed by atoms with E-state index in [1.165, 1.54) is 4.90 Å². The Balaban J connectivity index is 1.96. The monoisotopic (exact) mass is 437 g/mol.